The van der Waals surface area contributed by atoms with E-state index in [2.05, 4.69) is 15.8 Å². The van der Waals surface area contributed by atoms with E-state index in [1.54, 1.807) is 7.11 Å². The zero-order valence-electron chi connectivity index (χ0n) is 13.5. The topological polar surface area (TPSA) is 45.6 Å². The van der Waals surface area contributed by atoms with Crippen molar-refractivity contribution in [2.75, 3.05) is 20.3 Å². The van der Waals surface area contributed by atoms with Gasteiger partial charge in [0.05, 0.1) is 6.61 Å². The molecular formula is C16H31N3OS. The van der Waals surface area contributed by atoms with Gasteiger partial charge in [-0.2, -0.15) is 5.10 Å². The predicted molar refractivity (Wildman–Crippen MR) is 93.8 cm³/mol. The Hall–Kier alpha value is -0.680. The number of hydrogen-bond donors (Lipinski definition) is 2. The van der Waals surface area contributed by atoms with Crippen LogP contribution in [0.2, 0.25) is 0 Å². The Morgan fingerprint density at radius 3 is 2.05 bits per heavy atom. The Bertz CT molecular complexity index is 294. The molecule has 21 heavy (non-hydrogen) atoms. The van der Waals surface area contributed by atoms with Crippen molar-refractivity contribution in [3.63, 3.8) is 0 Å². The molecule has 0 unspecified atom stereocenters. The molecule has 2 N–H and O–H groups in total. The van der Waals surface area contributed by atoms with Crippen molar-refractivity contribution >= 4 is 23.0 Å². The minimum atomic E-state index is 0.589. The van der Waals surface area contributed by atoms with Gasteiger partial charge in [0.1, 0.15) is 0 Å². The Morgan fingerprint density at radius 2 is 1.52 bits per heavy atom. The molecule has 1 fully saturated rings. The molecule has 0 atom stereocenters. The van der Waals surface area contributed by atoms with E-state index in [1.807, 2.05) is 0 Å². The first kappa shape index (κ1) is 18.4. The lowest BCUT2D eigenvalue weighted by atomic mass is 10.00. The number of methoxy groups -OCH3 is 1. The fourth-order valence-corrected chi connectivity index (χ4v) is 2.72. The minimum absolute atomic E-state index is 0.589. The highest BCUT2D eigenvalue weighted by molar-refractivity contribution is 7.80. The van der Waals surface area contributed by atoms with Crippen molar-refractivity contribution in [3.8, 4) is 0 Å². The number of hydrogen-bond acceptors (Lipinski definition) is 3. The molecule has 1 aliphatic carbocycles. The lowest BCUT2D eigenvalue weighted by molar-refractivity contribution is 0.204. The van der Waals surface area contributed by atoms with Crippen LogP contribution in [0, 0.1) is 0 Å². The SMILES string of the molecule is COCCNC(=S)NN=C1CCCCCCCCCCC1. The van der Waals surface area contributed by atoms with Crippen LogP contribution in [0.25, 0.3) is 0 Å². The Kier molecular flexibility index (Phi) is 11.4. The van der Waals surface area contributed by atoms with Gasteiger partial charge in [0, 0.05) is 19.4 Å². The molecule has 0 aliphatic heterocycles. The summed E-state index contributed by atoms with van der Waals surface area (Å²) < 4.78 is 4.98. The van der Waals surface area contributed by atoms with Crippen molar-refractivity contribution in [1.29, 1.82) is 0 Å². The summed E-state index contributed by atoms with van der Waals surface area (Å²) in [6, 6.07) is 0. The third-order valence-corrected chi connectivity index (χ3v) is 4.07. The van der Waals surface area contributed by atoms with Crippen LogP contribution in [0.15, 0.2) is 5.10 Å². The van der Waals surface area contributed by atoms with Gasteiger partial charge in [0.2, 0.25) is 0 Å². The smallest absolute Gasteiger partial charge is 0.187 e. The number of nitrogens with zero attached hydrogens (tertiary/aromatic N) is 1. The van der Waals surface area contributed by atoms with Gasteiger partial charge in [-0.25, -0.2) is 0 Å². The standard InChI is InChI=1S/C16H31N3OS/c1-20-14-13-17-16(21)19-18-15-11-9-7-5-3-2-4-6-8-10-12-15/h2-14H2,1H3,(H2,17,19,21). The molecule has 1 aliphatic rings. The molecule has 0 aromatic heterocycles. The fraction of sp³-hybridized carbons (Fsp3) is 0.875. The summed E-state index contributed by atoms with van der Waals surface area (Å²) in [5, 5.41) is 8.18. The summed E-state index contributed by atoms with van der Waals surface area (Å²) in [7, 11) is 1.68. The van der Waals surface area contributed by atoms with E-state index in [1.165, 1.54) is 63.5 Å². The third kappa shape index (κ3) is 10.7. The summed E-state index contributed by atoms with van der Waals surface area (Å²) in [5.41, 5.74) is 4.25. The van der Waals surface area contributed by atoms with E-state index in [9.17, 15) is 0 Å². The molecule has 5 heteroatoms. The molecule has 1 saturated carbocycles. The highest BCUT2D eigenvalue weighted by Gasteiger charge is 2.03. The fourth-order valence-electron chi connectivity index (χ4n) is 2.57. The van der Waals surface area contributed by atoms with Crippen LogP contribution < -0.4 is 10.7 Å². The second-order valence-electron chi connectivity index (χ2n) is 5.72. The summed E-state index contributed by atoms with van der Waals surface area (Å²) >= 11 is 5.20. The van der Waals surface area contributed by atoms with E-state index in [4.69, 9.17) is 17.0 Å². The van der Waals surface area contributed by atoms with Crippen LogP contribution >= 0.6 is 12.2 Å². The average Bonchev–Trinajstić information content (AvgIpc) is 2.47. The number of nitrogens with one attached hydrogen (secondary N) is 2. The zero-order chi connectivity index (χ0) is 15.2. The Balaban J connectivity index is 2.31. The Morgan fingerprint density at radius 1 is 1.00 bits per heavy atom. The molecule has 0 amide bonds. The first-order chi connectivity index (χ1) is 10.3. The van der Waals surface area contributed by atoms with Gasteiger partial charge in [-0.05, 0) is 37.9 Å². The van der Waals surface area contributed by atoms with Gasteiger partial charge < -0.3 is 10.1 Å². The van der Waals surface area contributed by atoms with Gasteiger partial charge in [0.15, 0.2) is 5.11 Å². The van der Waals surface area contributed by atoms with Gasteiger partial charge in [0.25, 0.3) is 0 Å². The molecule has 0 saturated heterocycles. The van der Waals surface area contributed by atoms with E-state index in [0.29, 0.717) is 18.3 Å². The summed E-state index contributed by atoms with van der Waals surface area (Å²) in [4.78, 5) is 0. The molecule has 0 radical (unpaired) electrons. The van der Waals surface area contributed by atoms with Crippen molar-refractivity contribution in [3.05, 3.63) is 0 Å². The van der Waals surface area contributed by atoms with Crippen molar-refractivity contribution in [1.82, 2.24) is 10.7 Å². The lowest BCUT2D eigenvalue weighted by Gasteiger charge is -2.11. The number of thiocarbonyl (C=S) groups is 1. The van der Waals surface area contributed by atoms with E-state index in [0.717, 1.165) is 12.8 Å². The first-order valence-corrected chi connectivity index (χ1v) is 8.82. The second kappa shape index (κ2) is 13.0. The molecule has 1 rings (SSSR count). The first-order valence-electron chi connectivity index (χ1n) is 8.41. The molecule has 4 nitrogen and oxygen atoms in total. The zero-order valence-corrected chi connectivity index (χ0v) is 14.3. The van der Waals surface area contributed by atoms with Gasteiger partial charge in [-0.15, -0.1) is 0 Å². The van der Waals surface area contributed by atoms with E-state index in [-0.39, 0.29) is 0 Å². The quantitative estimate of drug-likeness (QED) is 0.471. The molecule has 0 heterocycles. The predicted octanol–water partition coefficient (Wildman–Crippen LogP) is 3.76. The maximum absolute atomic E-state index is 5.20. The number of rotatable bonds is 4. The normalized spacial score (nSPS) is 18.2. The van der Waals surface area contributed by atoms with Crippen molar-refractivity contribution in [2.45, 2.75) is 70.6 Å². The minimum Gasteiger partial charge on any atom is -0.383 e. The maximum atomic E-state index is 5.20. The van der Waals surface area contributed by atoms with Crippen LogP contribution in [-0.2, 0) is 4.74 Å². The van der Waals surface area contributed by atoms with Gasteiger partial charge in [-0.1, -0.05) is 44.9 Å². The molecule has 0 bridgehead atoms. The molecular weight excluding hydrogens is 282 g/mol. The Labute approximate surface area is 135 Å². The second-order valence-corrected chi connectivity index (χ2v) is 6.13. The molecule has 122 valence electrons. The van der Waals surface area contributed by atoms with E-state index >= 15 is 0 Å². The molecule has 0 aromatic rings. The lowest BCUT2D eigenvalue weighted by Crippen LogP contribution is -2.34. The third-order valence-electron chi connectivity index (χ3n) is 3.84. The van der Waals surface area contributed by atoms with Crippen LogP contribution in [0.4, 0.5) is 0 Å². The summed E-state index contributed by atoms with van der Waals surface area (Å²) in [6.07, 6.45) is 14.3. The number of ether oxygens (including phenoxy) is 1. The van der Waals surface area contributed by atoms with Crippen LogP contribution in [0.5, 0.6) is 0 Å². The molecule has 0 spiro atoms. The van der Waals surface area contributed by atoms with Crippen LogP contribution in [-0.4, -0.2) is 31.1 Å². The summed E-state index contributed by atoms with van der Waals surface area (Å²) in [6.45, 7) is 1.37. The monoisotopic (exact) mass is 313 g/mol. The largest absolute Gasteiger partial charge is 0.383 e. The molecule has 0 aromatic carbocycles. The van der Waals surface area contributed by atoms with Crippen LogP contribution in [0.3, 0.4) is 0 Å². The van der Waals surface area contributed by atoms with Gasteiger partial charge >= 0.3 is 0 Å². The number of hydrazone groups is 1. The van der Waals surface area contributed by atoms with Gasteiger partial charge in [-0.3, -0.25) is 5.43 Å². The van der Waals surface area contributed by atoms with Crippen LogP contribution in [0.1, 0.15) is 70.6 Å². The summed E-state index contributed by atoms with van der Waals surface area (Å²) in [5.74, 6) is 0. The highest BCUT2D eigenvalue weighted by atomic mass is 32.1. The van der Waals surface area contributed by atoms with Crippen molar-refractivity contribution < 1.29 is 4.74 Å². The van der Waals surface area contributed by atoms with E-state index < -0.39 is 0 Å². The van der Waals surface area contributed by atoms with Crippen molar-refractivity contribution in [2.24, 2.45) is 5.10 Å². The maximum Gasteiger partial charge on any atom is 0.187 e. The highest BCUT2D eigenvalue weighted by Crippen LogP contribution is 2.15. The average molecular weight is 314 g/mol.